The van der Waals surface area contributed by atoms with Crippen LogP contribution in [0.5, 0.6) is 0 Å². The number of hydrogen-bond donors (Lipinski definition) is 0. The lowest BCUT2D eigenvalue weighted by Gasteiger charge is -2.18. The van der Waals surface area contributed by atoms with Gasteiger partial charge in [-0.05, 0) is 37.5 Å². The molecule has 0 aromatic heterocycles. The second kappa shape index (κ2) is 5.53. The maximum absolute atomic E-state index is 3.91. The van der Waals surface area contributed by atoms with Gasteiger partial charge in [0.1, 0.15) is 0 Å². The third kappa shape index (κ3) is 2.98. The molecule has 0 amide bonds. The first-order valence-corrected chi connectivity index (χ1v) is 7.42. The molecule has 0 spiro atoms. The zero-order valence-corrected chi connectivity index (χ0v) is 10.8. The Kier molecular flexibility index (Phi) is 4.34. The summed E-state index contributed by atoms with van der Waals surface area (Å²) in [6.45, 7) is 0. The van der Waals surface area contributed by atoms with Crippen LogP contribution in [0.4, 0.5) is 0 Å². The molecule has 0 nitrogen and oxygen atoms in total. The van der Waals surface area contributed by atoms with Gasteiger partial charge in [-0.1, -0.05) is 54.5 Å². The van der Waals surface area contributed by atoms with Crippen LogP contribution in [-0.4, -0.2) is 4.83 Å². The zero-order valence-electron chi connectivity index (χ0n) is 9.18. The summed E-state index contributed by atoms with van der Waals surface area (Å²) in [5.41, 5.74) is 0. The molecule has 2 fully saturated rings. The van der Waals surface area contributed by atoms with Gasteiger partial charge in [0.2, 0.25) is 0 Å². The summed E-state index contributed by atoms with van der Waals surface area (Å²) in [4.78, 5) is 0.839. The van der Waals surface area contributed by atoms with Crippen LogP contribution in [0.15, 0.2) is 0 Å². The van der Waals surface area contributed by atoms with Crippen LogP contribution in [0.2, 0.25) is 0 Å². The van der Waals surface area contributed by atoms with E-state index in [2.05, 4.69) is 15.9 Å². The molecule has 0 radical (unpaired) electrons. The van der Waals surface area contributed by atoms with Crippen LogP contribution in [-0.2, 0) is 0 Å². The third-order valence-corrected chi connectivity index (χ3v) is 5.44. The molecule has 0 aliphatic heterocycles. The largest absolute Gasteiger partial charge is 0.0888 e. The quantitative estimate of drug-likeness (QED) is 0.629. The van der Waals surface area contributed by atoms with Crippen LogP contribution in [0.1, 0.15) is 64.2 Å². The van der Waals surface area contributed by atoms with Gasteiger partial charge in [-0.2, -0.15) is 0 Å². The lowest BCUT2D eigenvalue weighted by molar-refractivity contribution is 0.430. The summed E-state index contributed by atoms with van der Waals surface area (Å²) in [5.74, 6) is 2.09. The van der Waals surface area contributed by atoms with E-state index >= 15 is 0 Å². The van der Waals surface area contributed by atoms with E-state index in [1.165, 1.54) is 64.2 Å². The fourth-order valence-electron chi connectivity index (χ4n) is 3.25. The molecule has 2 saturated carbocycles. The van der Waals surface area contributed by atoms with E-state index in [0.717, 1.165) is 16.7 Å². The number of alkyl halides is 1. The van der Waals surface area contributed by atoms with Crippen molar-refractivity contribution in [2.45, 2.75) is 69.0 Å². The molecule has 0 heterocycles. The van der Waals surface area contributed by atoms with Gasteiger partial charge in [0, 0.05) is 4.83 Å². The standard InChI is InChI=1S/C13H23Br/c14-13(12-7-3-4-8-12)10-9-11-5-1-2-6-11/h11-13H,1-10H2. The van der Waals surface area contributed by atoms with Crippen LogP contribution < -0.4 is 0 Å². The summed E-state index contributed by atoms with van der Waals surface area (Å²) < 4.78 is 0. The number of halogens is 1. The minimum atomic E-state index is 0.839. The summed E-state index contributed by atoms with van der Waals surface area (Å²) in [6, 6.07) is 0. The molecule has 0 aromatic rings. The van der Waals surface area contributed by atoms with E-state index < -0.39 is 0 Å². The minimum absolute atomic E-state index is 0.839. The third-order valence-electron chi connectivity index (χ3n) is 4.24. The summed E-state index contributed by atoms with van der Waals surface area (Å²) >= 11 is 3.91. The first-order chi connectivity index (χ1) is 6.86. The van der Waals surface area contributed by atoms with Crippen molar-refractivity contribution in [2.75, 3.05) is 0 Å². The Labute approximate surface area is 97.0 Å². The van der Waals surface area contributed by atoms with Crippen LogP contribution in [0, 0.1) is 11.8 Å². The molecule has 0 N–H and O–H groups in total. The van der Waals surface area contributed by atoms with Crippen molar-refractivity contribution in [1.29, 1.82) is 0 Å². The van der Waals surface area contributed by atoms with Crippen molar-refractivity contribution in [3.63, 3.8) is 0 Å². The predicted octanol–water partition coefficient (Wildman–Crippen LogP) is 4.91. The molecular formula is C13H23Br. The molecule has 2 aliphatic rings. The fourth-order valence-corrected chi connectivity index (χ4v) is 4.04. The van der Waals surface area contributed by atoms with Gasteiger partial charge in [-0.15, -0.1) is 0 Å². The van der Waals surface area contributed by atoms with E-state index in [9.17, 15) is 0 Å². The second-order valence-corrected chi connectivity index (χ2v) is 6.46. The van der Waals surface area contributed by atoms with Crippen LogP contribution in [0.3, 0.4) is 0 Å². The van der Waals surface area contributed by atoms with Crippen molar-refractivity contribution < 1.29 is 0 Å². The Balaban J connectivity index is 1.63. The second-order valence-electron chi connectivity index (χ2n) is 5.29. The van der Waals surface area contributed by atoms with Crippen molar-refractivity contribution in [3.05, 3.63) is 0 Å². The molecular weight excluding hydrogens is 236 g/mol. The van der Waals surface area contributed by atoms with Crippen molar-refractivity contribution in [3.8, 4) is 0 Å². The molecule has 2 aliphatic carbocycles. The highest BCUT2D eigenvalue weighted by Gasteiger charge is 2.24. The van der Waals surface area contributed by atoms with Gasteiger partial charge in [0.15, 0.2) is 0 Å². The molecule has 0 bridgehead atoms. The molecule has 2 rings (SSSR count). The number of hydrogen-bond acceptors (Lipinski definition) is 0. The fraction of sp³-hybridized carbons (Fsp3) is 1.00. The van der Waals surface area contributed by atoms with Crippen LogP contribution in [0.25, 0.3) is 0 Å². The lowest BCUT2D eigenvalue weighted by Crippen LogP contribution is -2.12. The van der Waals surface area contributed by atoms with Gasteiger partial charge in [0.05, 0.1) is 0 Å². The van der Waals surface area contributed by atoms with E-state index in [1.54, 1.807) is 0 Å². The number of rotatable bonds is 4. The van der Waals surface area contributed by atoms with Gasteiger partial charge < -0.3 is 0 Å². The Morgan fingerprint density at radius 1 is 0.929 bits per heavy atom. The molecule has 14 heavy (non-hydrogen) atoms. The van der Waals surface area contributed by atoms with E-state index in [4.69, 9.17) is 0 Å². The van der Waals surface area contributed by atoms with Gasteiger partial charge in [-0.25, -0.2) is 0 Å². The maximum Gasteiger partial charge on any atom is 0.0174 e. The smallest absolute Gasteiger partial charge is 0.0174 e. The molecule has 1 unspecified atom stereocenters. The Hall–Kier alpha value is 0.480. The molecule has 82 valence electrons. The van der Waals surface area contributed by atoms with Crippen molar-refractivity contribution >= 4 is 15.9 Å². The van der Waals surface area contributed by atoms with E-state index in [0.29, 0.717) is 0 Å². The summed E-state index contributed by atoms with van der Waals surface area (Å²) in [5, 5.41) is 0. The van der Waals surface area contributed by atoms with E-state index in [-0.39, 0.29) is 0 Å². The predicted molar refractivity (Wildman–Crippen MR) is 65.9 cm³/mol. The molecule has 1 heteroatoms. The van der Waals surface area contributed by atoms with Gasteiger partial charge >= 0.3 is 0 Å². The van der Waals surface area contributed by atoms with Gasteiger partial charge in [0.25, 0.3) is 0 Å². The average molecular weight is 259 g/mol. The highest BCUT2D eigenvalue weighted by molar-refractivity contribution is 9.09. The summed E-state index contributed by atoms with van der Waals surface area (Å²) in [6.07, 6.45) is 14.9. The molecule has 0 saturated heterocycles. The molecule has 0 aromatic carbocycles. The van der Waals surface area contributed by atoms with Crippen molar-refractivity contribution in [2.24, 2.45) is 11.8 Å². The Morgan fingerprint density at radius 3 is 2.14 bits per heavy atom. The van der Waals surface area contributed by atoms with E-state index in [1.807, 2.05) is 0 Å². The lowest BCUT2D eigenvalue weighted by atomic mass is 9.95. The van der Waals surface area contributed by atoms with Crippen LogP contribution >= 0.6 is 15.9 Å². The SMILES string of the molecule is BrC(CCC1CCCC1)C1CCCC1. The first kappa shape index (κ1) is 11.0. The topological polar surface area (TPSA) is 0 Å². The molecule has 1 atom stereocenters. The van der Waals surface area contributed by atoms with Gasteiger partial charge in [-0.3, -0.25) is 0 Å². The Bertz CT molecular complexity index is 155. The van der Waals surface area contributed by atoms with Crippen molar-refractivity contribution in [1.82, 2.24) is 0 Å². The normalized spacial score (nSPS) is 27.2. The highest BCUT2D eigenvalue weighted by atomic mass is 79.9. The maximum atomic E-state index is 3.91. The average Bonchev–Trinajstić information content (AvgIpc) is 2.87. The first-order valence-electron chi connectivity index (χ1n) is 6.50. The zero-order chi connectivity index (χ0) is 9.80. The monoisotopic (exact) mass is 258 g/mol. The summed E-state index contributed by atoms with van der Waals surface area (Å²) in [7, 11) is 0. The Morgan fingerprint density at radius 2 is 1.50 bits per heavy atom. The minimum Gasteiger partial charge on any atom is -0.0888 e. The highest BCUT2D eigenvalue weighted by Crippen LogP contribution is 2.36.